The maximum atomic E-state index is 9.19. The second-order valence-electron chi connectivity index (χ2n) is 21.8. The normalized spacial score (nSPS) is 15.2. The van der Waals surface area contributed by atoms with Crippen LogP contribution in [0.15, 0.2) is 255 Å². The number of para-hydroxylation sites is 4. The molecule has 0 atom stereocenters. The van der Waals surface area contributed by atoms with E-state index in [-0.39, 0.29) is 58.0 Å². The third kappa shape index (κ3) is 9.43. The monoisotopic (exact) mass is 1050 g/mol. The molecule has 13 rings (SSSR count). The van der Waals surface area contributed by atoms with Gasteiger partial charge in [0.1, 0.15) is 35.5 Å². The predicted octanol–water partition coefficient (Wildman–Crippen LogP) is 20.3. The Bertz CT molecular complexity index is 5000. The zero-order valence-electron chi connectivity index (χ0n) is 59.9. The van der Waals surface area contributed by atoms with Crippen LogP contribution in [0, 0.1) is 0 Å². The van der Waals surface area contributed by atoms with Crippen molar-refractivity contribution in [2.75, 3.05) is 16.5 Å². The van der Waals surface area contributed by atoms with Crippen molar-refractivity contribution in [3.05, 3.63) is 266 Å². The molecule has 0 N–H and O–H groups in total. The van der Waals surface area contributed by atoms with E-state index in [2.05, 4.69) is 52.5 Å². The molecule has 6 nitrogen and oxygen atoms in total. The molecule has 3 heterocycles. The summed E-state index contributed by atoms with van der Waals surface area (Å²) in [6.45, 7) is 12.5. The Morgan fingerprint density at radius 2 is 0.975 bits per heavy atom. The van der Waals surface area contributed by atoms with E-state index in [9.17, 15) is 8.22 Å². The van der Waals surface area contributed by atoms with E-state index < -0.39 is 89.4 Å². The lowest BCUT2D eigenvalue weighted by Gasteiger charge is -2.28. The van der Waals surface area contributed by atoms with Crippen LogP contribution >= 0.6 is 0 Å². The van der Waals surface area contributed by atoms with E-state index in [1.807, 2.05) is 137 Å². The third-order valence-corrected chi connectivity index (χ3v) is 14.5. The highest BCUT2D eigenvalue weighted by molar-refractivity contribution is 6.09. The number of aromatic nitrogens is 2. The highest BCUT2D eigenvalue weighted by atomic mass is 16.5. The highest BCUT2D eigenvalue weighted by Gasteiger charge is 2.33. The van der Waals surface area contributed by atoms with Gasteiger partial charge in [0.15, 0.2) is 0 Å². The average molecular weight is 1050 g/mol. The maximum Gasteiger partial charge on any atom is 0.143 e. The molecule has 0 saturated carbocycles. The smallest absolute Gasteiger partial charge is 0.143 e. The van der Waals surface area contributed by atoms with E-state index in [0.717, 1.165) is 38.5 Å². The van der Waals surface area contributed by atoms with Gasteiger partial charge in [0.05, 0.1) is 48.7 Å². The van der Waals surface area contributed by atoms with Gasteiger partial charge in [-0.05, 0) is 105 Å². The standard InChI is InChI=1S/C74H62N4O2/c1-73(2,3)54-42-56(76-49-77(68-37-22-21-36-67(68)76)71-60(50-24-11-7-12-25-50)33-23-34-61(71)51-26-13-8-14-27-51)46-59(43-54)79-57-38-39-63-62-32-19-20-35-66(62)78(69(63)47-57)70-48-58(40-41-75-70)80-72-64(52-28-15-9-16-29-52)44-55(74(4,5)6)45-65(72)53-30-17-10-18-31-53/h7-48H,49H2,1-6H3/i7D,8D,9D,11D,12D,13D,14D,15D,16D,24D,25D,26D,27D,28D,29D. The quantitative estimate of drug-likeness (QED) is 0.129. The summed E-state index contributed by atoms with van der Waals surface area (Å²) < 4.78 is 149. The molecule has 2 aromatic heterocycles. The van der Waals surface area contributed by atoms with E-state index in [1.54, 1.807) is 30.5 Å². The number of rotatable bonds is 11. The fraction of sp³-hybridized carbons (Fsp3) is 0.122. The number of fused-ring (bicyclic) bond motifs is 4. The van der Waals surface area contributed by atoms with Gasteiger partial charge < -0.3 is 19.3 Å². The van der Waals surface area contributed by atoms with Crippen LogP contribution in [-0.2, 0) is 10.8 Å². The van der Waals surface area contributed by atoms with Gasteiger partial charge in [-0.3, -0.25) is 4.57 Å². The Morgan fingerprint density at radius 3 is 1.62 bits per heavy atom. The Morgan fingerprint density at radius 1 is 0.425 bits per heavy atom. The van der Waals surface area contributed by atoms with Crippen LogP contribution < -0.4 is 19.3 Å². The lowest BCUT2D eigenvalue weighted by Crippen LogP contribution is -2.25. The maximum absolute atomic E-state index is 9.19. The Hall–Kier alpha value is -9.65. The molecule has 0 amide bonds. The lowest BCUT2D eigenvalue weighted by atomic mass is 9.82. The van der Waals surface area contributed by atoms with E-state index >= 15 is 0 Å². The molecule has 0 fully saturated rings. The number of hydrogen-bond donors (Lipinski definition) is 0. The fourth-order valence-corrected chi connectivity index (χ4v) is 10.5. The van der Waals surface area contributed by atoms with Crippen LogP contribution in [0.1, 0.15) is 73.2 Å². The minimum atomic E-state index is -0.580. The highest BCUT2D eigenvalue weighted by Crippen LogP contribution is 2.52. The van der Waals surface area contributed by atoms with Crippen molar-refractivity contribution >= 4 is 44.6 Å². The number of anilines is 4. The zero-order valence-corrected chi connectivity index (χ0v) is 44.9. The first-order valence-corrected chi connectivity index (χ1v) is 26.4. The molecule has 390 valence electrons. The summed E-state index contributed by atoms with van der Waals surface area (Å²) in [5.74, 6) is 2.11. The van der Waals surface area contributed by atoms with Crippen molar-refractivity contribution in [1.29, 1.82) is 0 Å². The molecule has 0 aliphatic carbocycles. The number of nitrogens with zero attached hydrogens (tertiary/aromatic N) is 4. The summed E-state index contributed by atoms with van der Waals surface area (Å²) in [6, 6.07) is 41.8. The van der Waals surface area contributed by atoms with Crippen molar-refractivity contribution in [1.82, 2.24) is 9.55 Å². The van der Waals surface area contributed by atoms with Crippen LogP contribution in [0.4, 0.5) is 22.7 Å². The van der Waals surface area contributed by atoms with Gasteiger partial charge in [0.2, 0.25) is 0 Å². The molecular formula is C74H62N4O2. The van der Waals surface area contributed by atoms with Crippen LogP contribution in [0.5, 0.6) is 23.0 Å². The van der Waals surface area contributed by atoms with Crippen molar-refractivity contribution < 1.29 is 30.0 Å². The molecule has 80 heavy (non-hydrogen) atoms. The zero-order chi connectivity index (χ0) is 67.6. The Balaban J connectivity index is 0.930. The van der Waals surface area contributed by atoms with Crippen LogP contribution in [0.2, 0.25) is 0 Å². The second kappa shape index (κ2) is 20.3. The van der Waals surface area contributed by atoms with Gasteiger partial charge in [0, 0.05) is 63.1 Å². The Kier molecular flexibility index (Phi) is 9.06. The van der Waals surface area contributed by atoms with E-state index in [4.69, 9.17) is 26.8 Å². The summed E-state index contributed by atoms with van der Waals surface area (Å²) in [7, 11) is 0. The van der Waals surface area contributed by atoms with Crippen LogP contribution in [0.25, 0.3) is 72.1 Å². The molecule has 0 saturated heterocycles. The summed E-state index contributed by atoms with van der Waals surface area (Å²) >= 11 is 0. The van der Waals surface area contributed by atoms with E-state index in [1.165, 1.54) is 0 Å². The summed E-state index contributed by atoms with van der Waals surface area (Å²) in [5, 5.41) is 1.84. The van der Waals surface area contributed by atoms with Gasteiger partial charge in [-0.25, -0.2) is 4.98 Å². The number of pyridine rings is 1. The van der Waals surface area contributed by atoms with Gasteiger partial charge in [-0.1, -0.05) is 211 Å². The van der Waals surface area contributed by atoms with Gasteiger partial charge in [0.25, 0.3) is 0 Å². The summed E-state index contributed by atoms with van der Waals surface area (Å²) in [6.07, 6.45) is 1.64. The molecular weight excluding hydrogens is 977 g/mol. The molecule has 0 spiro atoms. The Labute approximate surface area is 490 Å². The first kappa shape index (κ1) is 35.7. The molecule has 6 heteroatoms. The molecule has 1 aliphatic heterocycles. The number of benzene rings is 10. The average Bonchev–Trinajstić information content (AvgIpc) is 1.73. The van der Waals surface area contributed by atoms with Gasteiger partial charge in [-0.15, -0.1) is 0 Å². The summed E-state index contributed by atoms with van der Waals surface area (Å²) in [4.78, 5) is 8.89. The lowest BCUT2D eigenvalue weighted by molar-refractivity contribution is 0.479. The van der Waals surface area contributed by atoms with Gasteiger partial charge in [-0.2, -0.15) is 0 Å². The molecule has 10 aromatic carbocycles. The fourth-order valence-electron chi connectivity index (χ4n) is 10.5. The predicted molar refractivity (Wildman–Crippen MR) is 333 cm³/mol. The second-order valence-corrected chi connectivity index (χ2v) is 21.8. The van der Waals surface area contributed by atoms with Gasteiger partial charge >= 0.3 is 0 Å². The molecule has 0 bridgehead atoms. The topological polar surface area (TPSA) is 42.8 Å². The minimum absolute atomic E-state index is 0.00565. The molecule has 0 radical (unpaired) electrons. The first-order valence-electron chi connectivity index (χ1n) is 33.9. The van der Waals surface area contributed by atoms with Crippen LogP contribution in [-0.4, -0.2) is 16.2 Å². The van der Waals surface area contributed by atoms with E-state index in [0.29, 0.717) is 51.3 Å². The van der Waals surface area contributed by atoms with Crippen molar-refractivity contribution in [2.24, 2.45) is 0 Å². The molecule has 12 aromatic rings. The van der Waals surface area contributed by atoms with Crippen molar-refractivity contribution in [3.63, 3.8) is 0 Å². The number of hydrogen-bond acceptors (Lipinski definition) is 5. The largest absolute Gasteiger partial charge is 0.457 e. The van der Waals surface area contributed by atoms with Crippen molar-refractivity contribution in [3.8, 4) is 73.3 Å². The minimum Gasteiger partial charge on any atom is -0.457 e. The van der Waals surface area contributed by atoms with Crippen molar-refractivity contribution in [2.45, 2.75) is 52.4 Å². The SMILES string of the molecule is [2H]c1c([2H])c([2H])c(-c2cc(C(C)(C)C)cc(-c3ccccc3)c2Oc2ccnc(-n3c4ccccc4c4ccc(Oc5cc(N6CN(c7c(-c8c([2H])c([2H])c([2H])c([2H])c8[2H])cccc7-c7c([2H])c([2H])c([2H])c([2H])c7[2H])c7ccccc76)cc(C(C)(C)C)c5)cc43)c2)c([2H])c1[2H]. The third-order valence-electron chi connectivity index (χ3n) is 14.5. The number of ether oxygens (including phenoxy) is 2. The molecule has 1 aliphatic rings. The first-order chi connectivity index (χ1) is 45.1. The summed E-state index contributed by atoms with van der Waals surface area (Å²) in [5.41, 5.74) is 6.66. The van der Waals surface area contributed by atoms with Crippen LogP contribution in [0.3, 0.4) is 0 Å². The molecule has 0 unspecified atom stereocenters.